The zero-order valence-corrected chi connectivity index (χ0v) is 10.5. The molecular weight excluding hydrogens is 236 g/mol. The lowest BCUT2D eigenvalue weighted by Crippen LogP contribution is -2.15. The Bertz CT molecular complexity index is 496. The molecule has 2 heterocycles. The molecule has 0 saturated carbocycles. The number of anilines is 1. The minimum Gasteiger partial charge on any atom is -0.486 e. The van der Waals surface area contributed by atoms with Crippen molar-refractivity contribution in [3.8, 4) is 11.5 Å². The number of ether oxygens (including phenoxy) is 2. The number of nitrogens with one attached hydrogen (secondary N) is 1. The summed E-state index contributed by atoms with van der Waals surface area (Å²) in [7, 11) is 0. The molecule has 2 aromatic rings. The average Bonchev–Trinajstić information content (AvgIpc) is 2.75. The van der Waals surface area contributed by atoms with E-state index in [1.54, 1.807) is 11.3 Å². The van der Waals surface area contributed by atoms with Crippen LogP contribution in [0.15, 0.2) is 12.1 Å². The molecule has 0 spiro atoms. The third-order valence-corrected chi connectivity index (χ3v) is 3.55. The van der Waals surface area contributed by atoms with Crippen LogP contribution >= 0.6 is 11.3 Å². The Balaban J connectivity index is 1.98. The highest BCUT2D eigenvalue weighted by Crippen LogP contribution is 2.37. The van der Waals surface area contributed by atoms with Crippen LogP contribution in [0.1, 0.15) is 13.3 Å². The number of thiazole rings is 1. The first-order chi connectivity index (χ1) is 8.36. The Morgan fingerprint density at radius 1 is 1.29 bits per heavy atom. The zero-order valence-electron chi connectivity index (χ0n) is 9.66. The van der Waals surface area contributed by atoms with Crippen molar-refractivity contribution in [1.29, 1.82) is 0 Å². The molecule has 0 amide bonds. The standard InChI is InChI=1S/C12H14N2O2S/c1-2-3-13-12-14-8-6-9-10(7-11(8)17-12)16-5-4-15-9/h6-7H,2-5H2,1H3,(H,13,14). The molecule has 1 aromatic heterocycles. The van der Waals surface area contributed by atoms with Crippen LogP contribution < -0.4 is 14.8 Å². The molecule has 0 fully saturated rings. The first-order valence-corrected chi connectivity index (χ1v) is 6.62. The van der Waals surface area contributed by atoms with Crippen LogP contribution in [0, 0.1) is 0 Å². The molecule has 0 atom stereocenters. The summed E-state index contributed by atoms with van der Waals surface area (Å²) in [5, 5.41) is 4.26. The molecule has 0 saturated heterocycles. The summed E-state index contributed by atoms with van der Waals surface area (Å²) in [5.41, 5.74) is 0.970. The molecule has 0 aliphatic carbocycles. The van der Waals surface area contributed by atoms with Gasteiger partial charge >= 0.3 is 0 Å². The molecule has 3 rings (SSSR count). The highest BCUT2D eigenvalue weighted by molar-refractivity contribution is 7.22. The van der Waals surface area contributed by atoms with Gasteiger partial charge in [0.2, 0.25) is 0 Å². The molecule has 0 radical (unpaired) electrons. The van der Waals surface area contributed by atoms with Crippen molar-refractivity contribution >= 4 is 26.7 Å². The molecule has 1 aromatic carbocycles. The van der Waals surface area contributed by atoms with Crippen LogP contribution in [0.2, 0.25) is 0 Å². The van der Waals surface area contributed by atoms with E-state index in [9.17, 15) is 0 Å². The van der Waals surface area contributed by atoms with Gasteiger partial charge in [0, 0.05) is 18.7 Å². The second kappa shape index (κ2) is 4.41. The van der Waals surface area contributed by atoms with Crippen LogP contribution in [0.3, 0.4) is 0 Å². The van der Waals surface area contributed by atoms with E-state index in [2.05, 4.69) is 17.2 Å². The van der Waals surface area contributed by atoms with E-state index in [-0.39, 0.29) is 0 Å². The van der Waals surface area contributed by atoms with Gasteiger partial charge < -0.3 is 14.8 Å². The SMILES string of the molecule is CCCNc1nc2cc3c(cc2s1)OCCO3. The number of hydrogen-bond acceptors (Lipinski definition) is 5. The maximum Gasteiger partial charge on any atom is 0.183 e. The number of hydrogen-bond donors (Lipinski definition) is 1. The first-order valence-electron chi connectivity index (χ1n) is 5.81. The number of benzene rings is 1. The Morgan fingerprint density at radius 2 is 2.06 bits per heavy atom. The van der Waals surface area contributed by atoms with Crippen LogP contribution in [0.25, 0.3) is 10.2 Å². The lowest BCUT2D eigenvalue weighted by Gasteiger charge is -2.17. The van der Waals surface area contributed by atoms with E-state index < -0.39 is 0 Å². The van der Waals surface area contributed by atoms with Crippen LogP contribution in [-0.4, -0.2) is 24.7 Å². The van der Waals surface area contributed by atoms with E-state index >= 15 is 0 Å². The average molecular weight is 250 g/mol. The molecule has 1 aliphatic rings. The largest absolute Gasteiger partial charge is 0.486 e. The van der Waals surface area contributed by atoms with Crippen molar-refractivity contribution in [1.82, 2.24) is 4.98 Å². The second-order valence-electron chi connectivity index (χ2n) is 3.91. The summed E-state index contributed by atoms with van der Waals surface area (Å²) in [5.74, 6) is 1.63. The minimum atomic E-state index is 0.615. The van der Waals surface area contributed by atoms with E-state index in [4.69, 9.17) is 9.47 Å². The monoisotopic (exact) mass is 250 g/mol. The molecule has 0 unspecified atom stereocenters. The molecule has 90 valence electrons. The zero-order chi connectivity index (χ0) is 11.7. The van der Waals surface area contributed by atoms with Crippen LogP contribution in [0.4, 0.5) is 5.13 Å². The summed E-state index contributed by atoms with van der Waals surface area (Å²) in [4.78, 5) is 4.53. The van der Waals surface area contributed by atoms with E-state index in [0.717, 1.165) is 39.8 Å². The fourth-order valence-corrected chi connectivity index (χ4v) is 2.67. The maximum absolute atomic E-state index is 5.56. The summed E-state index contributed by atoms with van der Waals surface area (Å²) in [6.07, 6.45) is 1.10. The van der Waals surface area contributed by atoms with Gasteiger partial charge in [-0.1, -0.05) is 18.3 Å². The van der Waals surface area contributed by atoms with Crippen molar-refractivity contribution in [3.63, 3.8) is 0 Å². The summed E-state index contributed by atoms with van der Waals surface area (Å²) in [6.45, 7) is 4.33. The number of aromatic nitrogens is 1. The number of fused-ring (bicyclic) bond motifs is 2. The molecule has 0 bridgehead atoms. The maximum atomic E-state index is 5.56. The Labute approximate surface area is 104 Å². The van der Waals surface area contributed by atoms with Gasteiger partial charge in [0.25, 0.3) is 0 Å². The summed E-state index contributed by atoms with van der Waals surface area (Å²) < 4.78 is 12.2. The summed E-state index contributed by atoms with van der Waals surface area (Å²) >= 11 is 1.65. The molecular formula is C12H14N2O2S. The molecule has 5 heteroatoms. The Kier molecular flexibility index (Phi) is 2.76. The highest BCUT2D eigenvalue weighted by Gasteiger charge is 2.14. The van der Waals surface area contributed by atoms with Gasteiger partial charge in [0.15, 0.2) is 16.6 Å². The lowest BCUT2D eigenvalue weighted by atomic mass is 10.3. The van der Waals surface area contributed by atoms with Crippen LogP contribution in [-0.2, 0) is 0 Å². The molecule has 4 nitrogen and oxygen atoms in total. The Hall–Kier alpha value is -1.49. The number of rotatable bonds is 3. The predicted octanol–water partition coefficient (Wildman–Crippen LogP) is 2.89. The molecule has 1 aliphatic heterocycles. The molecule has 1 N–H and O–H groups in total. The van der Waals surface area contributed by atoms with E-state index in [1.165, 1.54) is 0 Å². The van der Waals surface area contributed by atoms with Gasteiger partial charge in [-0.05, 0) is 6.42 Å². The van der Waals surface area contributed by atoms with Gasteiger partial charge in [-0.15, -0.1) is 0 Å². The smallest absolute Gasteiger partial charge is 0.183 e. The van der Waals surface area contributed by atoms with Crippen molar-refractivity contribution in [3.05, 3.63) is 12.1 Å². The van der Waals surface area contributed by atoms with E-state index in [1.807, 2.05) is 12.1 Å². The van der Waals surface area contributed by atoms with Gasteiger partial charge in [-0.25, -0.2) is 4.98 Å². The third-order valence-electron chi connectivity index (χ3n) is 2.58. The minimum absolute atomic E-state index is 0.615. The van der Waals surface area contributed by atoms with Gasteiger partial charge in [-0.3, -0.25) is 0 Å². The topological polar surface area (TPSA) is 43.4 Å². The fourth-order valence-electron chi connectivity index (χ4n) is 1.77. The van der Waals surface area contributed by atoms with Crippen molar-refractivity contribution in [2.75, 3.05) is 25.1 Å². The number of nitrogens with zero attached hydrogens (tertiary/aromatic N) is 1. The normalized spacial score (nSPS) is 13.9. The third kappa shape index (κ3) is 2.02. The van der Waals surface area contributed by atoms with Gasteiger partial charge in [0.1, 0.15) is 13.2 Å². The van der Waals surface area contributed by atoms with Crippen LogP contribution in [0.5, 0.6) is 11.5 Å². The van der Waals surface area contributed by atoms with E-state index in [0.29, 0.717) is 13.2 Å². The lowest BCUT2D eigenvalue weighted by molar-refractivity contribution is 0.172. The van der Waals surface area contributed by atoms with Gasteiger partial charge in [-0.2, -0.15) is 0 Å². The van der Waals surface area contributed by atoms with Gasteiger partial charge in [0.05, 0.1) is 10.2 Å². The second-order valence-corrected chi connectivity index (χ2v) is 4.94. The summed E-state index contributed by atoms with van der Waals surface area (Å²) in [6, 6.07) is 3.97. The first kappa shape index (κ1) is 10.7. The predicted molar refractivity (Wildman–Crippen MR) is 69.4 cm³/mol. The quantitative estimate of drug-likeness (QED) is 0.909. The molecule has 17 heavy (non-hydrogen) atoms. The fraction of sp³-hybridized carbons (Fsp3) is 0.417. The van der Waals surface area contributed by atoms with Crippen molar-refractivity contribution in [2.45, 2.75) is 13.3 Å². The highest BCUT2D eigenvalue weighted by atomic mass is 32.1. The Morgan fingerprint density at radius 3 is 2.82 bits per heavy atom. The van der Waals surface area contributed by atoms with Crippen molar-refractivity contribution < 1.29 is 9.47 Å². The van der Waals surface area contributed by atoms with Crippen molar-refractivity contribution in [2.24, 2.45) is 0 Å².